The zero-order valence-corrected chi connectivity index (χ0v) is 13.9. The summed E-state index contributed by atoms with van der Waals surface area (Å²) in [5.74, 6) is 1.72. The molecule has 4 unspecified atom stereocenters. The zero-order valence-electron chi connectivity index (χ0n) is 13.9. The first-order valence-corrected chi connectivity index (χ1v) is 8.80. The molecule has 0 aromatic heterocycles. The quantitative estimate of drug-likeness (QED) is 0.812. The second-order valence-corrected chi connectivity index (χ2v) is 7.20. The average Bonchev–Trinajstić information content (AvgIpc) is 2.87. The molecular weight excluding hydrogens is 246 g/mol. The van der Waals surface area contributed by atoms with Gasteiger partial charge in [-0.15, -0.1) is 0 Å². The maximum absolute atomic E-state index is 6.14. The van der Waals surface area contributed by atoms with Crippen LogP contribution in [0.4, 0.5) is 0 Å². The van der Waals surface area contributed by atoms with Crippen molar-refractivity contribution in [2.75, 3.05) is 33.2 Å². The topological polar surface area (TPSA) is 32.5 Å². The predicted molar refractivity (Wildman–Crippen MR) is 86.9 cm³/mol. The number of likely N-dealkylation sites (tertiary alicyclic amines) is 1. The summed E-state index contributed by atoms with van der Waals surface area (Å²) in [6.07, 6.45) is 8.34. The Bertz CT molecular complexity index is 281. The lowest BCUT2D eigenvalue weighted by Crippen LogP contribution is -2.49. The van der Waals surface area contributed by atoms with E-state index >= 15 is 0 Å². The van der Waals surface area contributed by atoms with Crippen LogP contribution in [0.1, 0.15) is 52.4 Å². The van der Waals surface area contributed by atoms with Crippen molar-refractivity contribution in [2.24, 2.45) is 17.6 Å². The highest BCUT2D eigenvalue weighted by atomic mass is 15.2. The van der Waals surface area contributed by atoms with Crippen molar-refractivity contribution in [3.63, 3.8) is 0 Å². The van der Waals surface area contributed by atoms with Crippen LogP contribution >= 0.6 is 0 Å². The molecule has 0 aromatic rings. The molecule has 0 radical (unpaired) electrons. The summed E-state index contributed by atoms with van der Waals surface area (Å²) in [5, 5.41) is 0. The van der Waals surface area contributed by atoms with E-state index in [1.807, 2.05) is 0 Å². The van der Waals surface area contributed by atoms with E-state index in [0.29, 0.717) is 6.04 Å². The molecule has 2 fully saturated rings. The minimum atomic E-state index is 0.594. The van der Waals surface area contributed by atoms with E-state index in [9.17, 15) is 0 Å². The van der Waals surface area contributed by atoms with Gasteiger partial charge in [0.25, 0.3) is 0 Å². The molecule has 0 bridgehead atoms. The summed E-state index contributed by atoms with van der Waals surface area (Å²) in [6, 6.07) is 1.36. The third-order valence-corrected chi connectivity index (χ3v) is 5.73. The predicted octanol–water partition coefficient (Wildman–Crippen LogP) is 2.56. The fraction of sp³-hybridized carbons (Fsp3) is 1.00. The van der Waals surface area contributed by atoms with Crippen LogP contribution < -0.4 is 5.73 Å². The zero-order chi connectivity index (χ0) is 14.5. The molecule has 20 heavy (non-hydrogen) atoms. The lowest BCUT2D eigenvalue weighted by atomic mass is 9.78. The largest absolute Gasteiger partial charge is 0.329 e. The molecular formula is C17H35N3. The molecule has 1 aliphatic carbocycles. The second kappa shape index (κ2) is 7.77. The normalized spacial score (nSPS) is 33.8. The molecule has 3 heteroatoms. The van der Waals surface area contributed by atoms with Crippen LogP contribution in [0.2, 0.25) is 0 Å². The smallest absolute Gasteiger partial charge is 0.0244 e. The van der Waals surface area contributed by atoms with Gasteiger partial charge in [0.05, 0.1) is 0 Å². The lowest BCUT2D eigenvalue weighted by molar-refractivity contribution is 0.103. The number of hydrogen-bond acceptors (Lipinski definition) is 3. The average molecular weight is 281 g/mol. The van der Waals surface area contributed by atoms with Gasteiger partial charge in [-0.05, 0) is 57.7 Å². The standard InChI is InChI=1S/C17H35N3/c1-4-20-10-6-9-16(20)13-19(3)17(12-18)15-8-5-7-14(2)11-15/h14-17H,4-13,18H2,1-3H3. The number of nitrogens with two attached hydrogens (primary N) is 1. The molecule has 1 aliphatic heterocycles. The maximum atomic E-state index is 6.14. The van der Waals surface area contributed by atoms with Gasteiger partial charge in [-0.25, -0.2) is 0 Å². The third-order valence-electron chi connectivity index (χ3n) is 5.73. The SMILES string of the molecule is CCN1CCCC1CN(C)C(CN)C1CCCC(C)C1. The van der Waals surface area contributed by atoms with Gasteiger partial charge < -0.3 is 10.6 Å². The number of nitrogens with zero attached hydrogens (tertiary/aromatic N) is 2. The van der Waals surface area contributed by atoms with Crippen LogP contribution in [0.5, 0.6) is 0 Å². The van der Waals surface area contributed by atoms with Crippen LogP contribution in [0, 0.1) is 11.8 Å². The maximum Gasteiger partial charge on any atom is 0.0244 e. The monoisotopic (exact) mass is 281 g/mol. The fourth-order valence-electron chi connectivity index (χ4n) is 4.55. The number of likely N-dealkylation sites (N-methyl/N-ethyl adjacent to an activating group) is 2. The molecule has 4 atom stereocenters. The van der Waals surface area contributed by atoms with E-state index in [-0.39, 0.29) is 0 Å². The van der Waals surface area contributed by atoms with Crippen molar-refractivity contribution >= 4 is 0 Å². The summed E-state index contributed by atoms with van der Waals surface area (Å²) < 4.78 is 0. The highest BCUT2D eigenvalue weighted by Crippen LogP contribution is 2.32. The van der Waals surface area contributed by atoms with Gasteiger partial charge in [0.2, 0.25) is 0 Å². The Morgan fingerprint density at radius 2 is 2.05 bits per heavy atom. The van der Waals surface area contributed by atoms with Gasteiger partial charge in [0.15, 0.2) is 0 Å². The Labute approximate surface area is 125 Å². The first-order chi connectivity index (χ1) is 9.65. The van der Waals surface area contributed by atoms with Crippen LogP contribution in [-0.4, -0.2) is 55.1 Å². The van der Waals surface area contributed by atoms with Crippen LogP contribution in [-0.2, 0) is 0 Å². The van der Waals surface area contributed by atoms with Crippen LogP contribution in [0.15, 0.2) is 0 Å². The Balaban J connectivity index is 1.89. The third kappa shape index (κ3) is 3.96. The molecule has 3 nitrogen and oxygen atoms in total. The Morgan fingerprint density at radius 1 is 1.25 bits per heavy atom. The van der Waals surface area contributed by atoms with E-state index in [1.54, 1.807) is 0 Å². The Hall–Kier alpha value is -0.120. The van der Waals surface area contributed by atoms with Crippen molar-refractivity contribution in [3.05, 3.63) is 0 Å². The second-order valence-electron chi connectivity index (χ2n) is 7.20. The molecule has 2 N–H and O–H groups in total. The summed E-state index contributed by atoms with van der Waals surface area (Å²) in [7, 11) is 2.31. The van der Waals surface area contributed by atoms with Crippen molar-refractivity contribution in [2.45, 2.75) is 64.5 Å². The van der Waals surface area contributed by atoms with Crippen molar-refractivity contribution in [1.29, 1.82) is 0 Å². The molecule has 0 amide bonds. The van der Waals surface area contributed by atoms with Gasteiger partial charge in [0.1, 0.15) is 0 Å². The van der Waals surface area contributed by atoms with Crippen LogP contribution in [0.25, 0.3) is 0 Å². The minimum absolute atomic E-state index is 0.594. The van der Waals surface area contributed by atoms with E-state index in [4.69, 9.17) is 5.73 Å². The minimum Gasteiger partial charge on any atom is -0.329 e. The lowest BCUT2D eigenvalue weighted by Gasteiger charge is -2.39. The molecule has 118 valence electrons. The highest BCUT2D eigenvalue weighted by Gasteiger charge is 2.31. The van der Waals surface area contributed by atoms with E-state index in [2.05, 4.69) is 30.7 Å². The molecule has 0 spiro atoms. The molecule has 2 rings (SSSR count). The van der Waals surface area contributed by atoms with Gasteiger partial charge >= 0.3 is 0 Å². The molecule has 1 saturated heterocycles. The molecule has 1 saturated carbocycles. The first-order valence-electron chi connectivity index (χ1n) is 8.80. The van der Waals surface area contributed by atoms with Gasteiger partial charge in [-0.2, -0.15) is 0 Å². The molecule has 2 aliphatic rings. The number of hydrogen-bond donors (Lipinski definition) is 1. The van der Waals surface area contributed by atoms with Crippen molar-refractivity contribution < 1.29 is 0 Å². The van der Waals surface area contributed by atoms with Crippen LogP contribution in [0.3, 0.4) is 0 Å². The Morgan fingerprint density at radius 3 is 2.70 bits per heavy atom. The van der Waals surface area contributed by atoms with Gasteiger partial charge in [0, 0.05) is 25.2 Å². The highest BCUT2D eigenvalue weighted by molar-refractivity contribution is 4.87. The summed E-state index contributed by atoms with van der Waals surface area (Å²) in [6.45, 7) is 9.24. The van der Waals surface area contributed by atoms with E-state index < -0.39 is 0 Å². The summed E-state index contributed by atoms with van der Waals surface area (Å²) in [4.78, 5) is 5.23. The van der Waals surface area contributed by atoms with Gasteiger partial charge in [-0.3, -0.25) is 4.90 Å². The number of rotatable bonds is 6. The molecule has 1 heterocycles. The van der Waals surface area contributed by atoms with Crippen molar-refractivity contribution in [1.82, 2.24) is 9.80 Å². The van der Waals surface area contributed by atoms with E-state index in [1.165, 1.54) is 58.2 Å². The fourth-order valence-corrected chi connectivity index (χ4v) is 4.55. The van der Waals surface area contributed by atoms with E-state index in [0.717, 1.165) is 24.4 Å². The first kappa shape index (κ1) is 16.3. The van der Waals surface area contributed by atoms with Crippen molar-refractivity contribution in [3.8, 4) is 0 Å². The van der Waals surface area contributed by atoms with Gasteiger partial charge in [-0.1, -0.05) is 26.7 Å². The molecule has 0 aromatic carbocycles. The summed E-state index contributed by atoms with van der Waals surface area (Å²) >= 11 is 0. The summed E-state index contributed by atoms with van der Waals surface area (Å²) in [5.41, 5.74) is 6.14. The Kier molecular flexibility index (Phi) is 6.31.